The number of hydrogen-bond donors (Lipinski definition) is 2. The van der Waals surface area contributed by atoms with Gasteiger partial charge in [-0.15, -0.1) is 0 Å². The molecule has 1 atom stereocenters. The first-order valence-corrected chi connectivity index (χ1v) is 10.1. The van der Waals surface area contributed by atoms with Crippen LogP contribution in [0.4, 0.5) is 10.5 Å². The van der Waals surface area contributed by atoms with Crippen LogP contribution in [0.1, 0.15) is 38.2 Å². The number of hydrogen-bond acceptors (Lipinski definition) is 4. The maximum Gasteiger partial charge on any atom is 0.408 e. The van der Waals surface area contributed by atoms with Crippen LogP contribution in [0.2, 0.25) is 5.02 Å². The second-order valence-electron chi connectivity index (χ2n) is 8.25. The topological polar surface area (TPSA) is 87.3 Å². The van der Waals surface area contributed by atoms with Crippen molar-refractivity contribution >= 4 is 40.3 Å². The molecule has 8 heteroatoms. The molecule has 156 valence electrons. The summed E-state index contributed by atoms with van der Waals surface area (Å²) in [5.74, 6) is 0.434. The minimum absolute atomic E-state index is 0.175. The monoisotopic (exact) mass is 426 g/mol. The molecule has 2 N–H and O–H groups in total. The number of amides is 2. The van der Waals surface area contributed by atoms with Crippen molar-refractivity contribution < 1.29 is 14.3 Å². The number of aromatic nitrogens is 2. The van der Waals surface area contributed by atoms with E-state index in [4.69, 9.17) is 16.3 Å². The Balaban J connectivity index is 1.60. The lowest BCUT2D eigenvalue weighted by Crippen LogP contribution is -2.42. The van der Waals surface area contributed by atoms with Crippen molar-refractivity contribution in [3.63, 3.8) is 0 Å². The van der Waals surface area contributed by atoms with Crippen LogP contribution >= 0.6 is 11.6 Å². The van der Waals surface area contributed by atoms with Crippen LogP contribution in [0.5, 0.6) is 0 Å². The second kappa shape index (κ2) is 7.65. The zero-order valence-electron chi connectivity index (χ0n) is 17.0. The van der Waals surface area contributed by atoms with Gasteiger partial charge in [0.15, 0.2) is 0 Å². The molecule has 0 bridgehead atoms. The Morgan fingerprint density at radius 1 is 1.27 bits per heavy atom. The number of nitrogens with one attached hydrogen (secondary N) is 2. The van der Waals surface area contributed by atoms with Crippen LogP contribution in [-0.4, -0.2) is 34.1 Å². The molecular weight excluding hydrogens is 404 g/mol. The van der Waals surface area contributed by atoms with Gasteiger partial charge in [-0.2, -0.15) is 0 Å². The maximum absolute atomic E-state index is 13.1. The zero-order chi connectivity index (χ0) is 21.5. The van der Waals surface area contributed by atoms with E-state index in [1.54, 1.807) is 31.7 Å². The first kappa shape index (κ1) is 20.2. The first-order valence-electron chi connectivity index (χ1n) is 9.73. The van der Waals surface area contributed by atoms with E-state index < -0.39 is 11.7 Å². The highest BCUT2D eigenvalue weighted by Gasteiger charge is 2.36. The summed E-state index contributed by atoms with van der Waals surface area (Å²) in [6.07, 6.45) is 0.000280. The minimum atomic E-state index is -0.633. The van der Waals surface area contributed by atoms with Gasteiger partial charge in [-0.1, -0.05) is 29.8 Å². The van der Waals surface area contributed by atoms with Gasteiger partial charge in [0.05, 0.1) is 17.1 Å². The highest BCUT2D eigenvalue weighted by Crippen LogP contribution is 2.40. The van der Waals surface area contributed by atoms with Crippen molar-refractivity contribution in [2.75, 3.05) is 11.4 Å². The Morgan fingerprint density at radius 2 is 2.03 bits per heavy atom. The van der Waals surface area contributed by atoms with E-state index in [-0.39, 0.29) is 18.5 Å². The lowest BCUT2D eigenvalue weighted by Gasteiger charge is -2.25. The van der Waals surface area contributed by atoms with E-state index in [1.807, 2.05) is 36.4 Å². The number of alkyl carbamates (subject to hydrolysis) is 1. The van der Waals surface area contributed by atoms with Crippen LogP contribution < -0.4 is 10.2 Å². The summed E-state index contributed by atoms with van der Waals surface area (Å²) in [5.41, 5.74) is 2.83. The molecule has 2 heterocycles. The van der Waals surface area contributed by atoms with E-state index in [1.165, 1.54) is 0 Å². The average Bonchev–Trinajstić information content (AvgIpc) is 3.25. The van der Waals surface area contributed by atoms with Crippen LogP contribution in [0, 0.1) is 0 Å². The van der Waals surface area contributed by atoms with Gasteiger partial charge in [-0.25, -0.2) is 9.78 Å². The number of benzene rings is 2. The maximum atomic E-state index is 13.1. The number of fused-ring (bicyclic) bond motifs is 2. The number of ether oxygens (including phenoxy) is 1. The molecule has 0 fully saturated rings. The molecule has 0 saturated carbocycles. The van der Waals surface area contributed by atoms with Gasteiger partial charge in [0.2, 0.25) is 5.91 Å². The molecule has 1 unspecified atom stereocenters. The molecule has 2 amide bonds. The number of halogens is 1. The number of imidazole rings is 1. The SMILES string of the molecule is CC(C)(C)OC(=O)NCC(=O)N1c2ccccc2CC1c1nc2ccc(Cl)cc2[nH]1. The zero-order valence-corrected chi connectivity index (χ0v) is 17.8. The van der Waals surface area contributed by atoms with Gasteiger partial charge in [0.1, 0.15) is 18.0 Å². The Bertz CT molecular complexity index is 1120. The van der Waals surface area contributed by atoms with Gasteiger partial charge >= 0.3 is 6.09 Å². The molecule has 2 aromatic carbocycles. The van der Waals surface area contributed by atoms with Crippen LogP contribution in [0.3, 0.4) is 0 Å². The smallest absolute Gasteiger partial charge is 0.408 e. The lowest BCUT2D eigenvalue weighted by molar-refractivity contribution is -0.118. The van der Waals surface area contributed by atoms with Crippen LogP contribution in [0.25, 0.3) is 11.0 Å². The third-order valence-electron chi connectivity index (χ3n) is 4.81. The molecule has 4 rings (SSSR count). The molecular formula is C22H23ClN4O3. The predicted octanol–water partition coefficient (Wildman–Crippen LogP) is 4.37. The first-order chi connectivity index (χ1) is 14.2. The molecule has 1 aliphatic heterocycles. The van der Waals surface area contributed by atoms with Gasteiger partial charge in [0.25, 0.3) is 0 Å². The Kier molecular flexibility index (Phi) is 5.15. The number of carbonyl (C=O) groups excluding carboxylic acids is 2. The Hall–Kier alpha value is -3.06. The third-order valence-corrected chi connectivity index (χ3v) is 5.04. The van der Waals surface area contributed by atoms with Gasteiger partial charge in [-0.3, -0.25) is 9.69 Å². The highest BCUT2D eigenvalue weighted by atomic mass is 35.5. The summed E-state index contributed by atoms with van der Waals surface area (Å²) in [4.78, 5) is 34.8. The fourth-order valence-electron chi connectivity index (χ4n) is 3.62. The fraction of sp³-hybridized carbons (Fsp3) is 0.318. The van der Waals surface area contributed by atoms with Crippen LogP contribution in [-0.2, 0) is 16.0 Å². The fourth-order valence-corrected chi connectivity index (χ4v) is 3.79. The minimum Gasteiger partial charge on any atom is -0.444 e. The molecule has 0 aliphatic carbocycles. The van der Waals surface area contributed by atoms with E-state index in [0.29, 0.717) is 17.3 Å². The second-order valence-corrected chi connectivity index (χ2v) is 8.69. The van der Waals surface area contributed by atoms with Crippen molar-refractivity contribution in [1.82, 2.24) is 15.3 Å². The van der Waals surface area contributed by atoms with Crippen molar-refractivity contribution in [1.29, 1.82) is 0 Å². The van der Waals surface area contributed by atoms with Crippen molar-refractivity contribution in [3.05, 3.63) is 58.9 Å². The molecule has 3 aromatic rings. The van der Waals surface area contributed by atoms with E-state index in [2.05, 4.69) is 15.3 Å². The quantitative estimate of drug-likeness (QED) is 0.650. The molecule has 30 heavy (non-hydrogen) atoms. The average molecular weight is 427 g/mol. The number of anilines is 1. The molecule has 0 saturated heterocycles. The molecule has 7 nitrogen and oxygen atoms in total. The summed E-state index contributed by atoms with van der Waals surface area (Å²) < 4.78 is 5.23. The molecule has 0 spiro atoms. The number of nitrogens with zero attached hydrogens (tertiary/aromatic N) is 2. The summed E-state index contributed by atoms with van der Waals surface area (Å²) in [6.45, 7) is 5.14. The third kappa shape index (κ3) is 4.11. The summed E-state index contributed by atoms with van der Waals surface area (Å²) in [7, 11) is 0. The van der Waals surface area contributed by atoms with E-state index in [0.717, 1.165) is 22.3 Å². The van der Waals surface area contributed by atoms with Gasteiger partial charge < -0.3 is 15.0 Å². The normalized spacial score (nSPS) is 15.9. The predicted molar refractivity (Wildman–Crippen MR) is 116 cm³/mol. The number of rotatable bonds is 3. The van der Waals surface area contributed by atoms with Crippen molar-refractivity contribution in [2.24, 2.45) is 0 Å². The van der Waals surface area contributed by atoms with Crippen molar-refractivity contribution in [2.45, 2.75) is 38.8 Å². The standard InChI is InChI=1S/C22H23ClN4O3/c1-22(2,3)30-21(29)24-12-19(28)27-17-7-5-4-6-13(17)10-18(27)20-25-15-9-8-14(23)11-16(15)26-20/h4-9,11,18H,10,12H2,1-3H3,(H,24,29)(H,25,26). The number of H-pyrrole nitrogens is 1. The van der Waals surface area contributed by atoms with Gasteiger partial charge in [-0.05, 0) is 50.6 Å². The molecule has 1 aromatic heterocycles. The number of carbonyl (C=O) groups is 2. The van der Waals surface area contributed by atoms with Gasteiger partial charge in [0, 0.05) is 17.1 Å². The summed E-state index contributed by atoms with van der Waals surface area (Å²) >= 11 is 6.09. The highest BCUT2D eigenvalue weighted by molar-refractivity contribution is 6.31. The lowest BCUT2D eigenvalue weighted by atomic mass is 10.1. The Labute approximate surface area is 179 Å². The Morgan fingerprint density at radius 3 is 2.80 bits per heavy atom. The summed E-state index contributed by atoms with van der Waals surface area (Å²) in [6, 6.07) is 12.9. The number of aromatic amines is 1. The molecule has 0 radical (unpaired) electrons. The summed E-state index contributed by atoms with van der Waals surface area (Å²) in [5, 5.41) is 3.17. The largest absolute Gasteiger partial charge is 0.444 e. The van der Waals surface area contributed by atoms with Crippen molar-refractivity contribution in [3.8, 4) is 0 Å². The molecule has 1 aliphatic rings. The van der Waals surface area contributed by atoms with E-state index >= 15 is 0 Å². The van der Waals surface area contributed by atoms with E-state index in [9.17, 15) is 9.59 Å². The van der Waals surface area contributed by atoms with Crippen LogP contribution in [0.15, 0.2) is 42.5 Å². The number of para-hydroxylation sites is 1.